The Bertz CT molecular complexity index is 2810. The van der Waals surface area contributed by atoms with Crippen molar-refractivity contribution >= 4 is 59.4 Å². The molecule has 0 amide bonds. The molecule has 9 aromatic rings. The van der Waals surface area contributed by atoms with Crippen LogP contribution in [-0.2, 0) is 0 Å². The van der Waals surface area contributed by atoms with Gasteiger partial charge in [-0.1, -0.05) is 152 Å². The summed E-state index contributed by atoms with van der Waals surface area (Å²) in [6.07, 6.45) is 8.34. The third kappa shape index (κ3) is 4.62. The third-order valence-electron chi connectivity index (χ3n) is 10.1. The number of nitrogens with zero attached hydrogens (tertiary/aromatic N) is 3. The van der Waals surface area contributed by atoms with Crippen LogP contribution in [0.5, 0.6) is 0 Å². The average Bonchev–Trinajstić information content (AvgIpc) is 3.19. The first-order valence-corrected chi connectivity index (χ1v) is 17.3. The maximum absolute atomic E-state index is 5.38. The molecular formula is C47H31N3. The second kappa shape index (κ2) is 11.6. The quantitative estimate of drug-likeness (QED) is 0.142. The molecule has 0 atom stereocenters. The summed E-state index contributed by atoms with van der Waals surface area (Å²) >= 11 is 0. The van der Waals surface area contributed by atoms with E-state index >= 15 is 0 Å². The van der Waals surface area contributed by atoms with E-state index in [0.29, 0.717) is 11.6 Å². The Morgan fingerprint density at radius 1 is 0.400 bits per heavy atom. The van der Waals surface area contributed by atoms with Gasteiger partial charge in [0.25, 0.3) is 0 Å². The Balaban J connectivity index is 1.28. The fraction of sp³-hybridized carbons (Fsp3) is 0.0426. The lowest BCUT2D eigenvalue weighted by molar-refractivity contribution is 0.980. The molecule has 0 saturated heterocycles. The molecule has 3 heteroatoms. The molecule has 0 N–H and O–H groups in total. The normalized spacial score (nSPS) is 13.1. The molecule has 3 nitrogen and oxygen atoms in total. The topological polar surface area (TPSA) is 38.7 Å². The van der Waals surface area contributed by atoms with Gasteiger partial charge in [-0.2, -0.15) is 0 Å². The molecule has 0 aliphatic heterocycles. The van der Waals surface area contributed by atoms with Crippen molar-refractivity contribution in [2.45, 2.75) is 12.8 Å². The highest BCUT2D eigenvalue weighted by Crippen LogP contribution is 2.43. The highest BCUT2D eigenvalue weighted by Gasteiger charge is 2.21. The van der Waals surface area contributed by atoms with Crippen molar-refractivity contribution < 1.29 is 0 Å². The Kier molecular flexibility index (Phi) is 6.63. The van der Waals surface area contributed by atoms with Gasteiger partial charge in [0.05, 0.1) is 0 Å². The van der Waals surface area contributed by atoms with Crippen LogP contribution in [0, 0.1) is 0 Å². The van der Waals surface area contributed by atoms with Crippen molar-refractivity contribution in [3.8, 4) is 33.9 Å². The number of rotatable bonds is 4. The molecule has 0 radical (unpaired) electrons. The van der Waals surface area contributed by atoms with E-state index in [-0.39, 0.29) is 0 Å². The van der Waals surface area contributed by atoms with Gasteiger partial charge >= 0.3 is 0 Å². The minimum atomic E-state index is 0.687. The monoisotopic (exact) mass is 637 g/mol. The first-order valence-electron chi connectivity index (χ1n) is 17.3. The van der Waals surface area contributed by atoms with Crippen LogP contribution in [0.25, 0.3) is 93.3 Å². The summed E-state index contributed by atoms with van der Waals surface area (Å²) < 4.78 is 0. The van der Waals surface area contributed by atoms with Crippen LogP contribution in [0.2, 0.25) is 0 Å². The summed E-state index contributed by atoms with van der Waals surface area (Å²) in [5.74, 6) is 2.11. The summed E-state index contributed by atoms with van der Waals surface area (Å²) in [5.41, 5.74) is 5.58. The van der Waals surface area contributed by atoms with Gasteiger partial charge in [0.1, 0.15) is 0 Å². The van der Waals surface area contributed by atoms with Gasteiger partial charge < -0.3 is 0 Å². The zero-order valence-corrected chi connectivity index (χ0v) is 27.3. The molecule has 0 bridgehead atoms. The number of hydrogen-bond acceptors (Lipinski definition) is 3. The predicted octanol–water partition coefficient (Wildman–Crippen LogP) is 12.4. The lowest BCUT2D eigenvalue weighted by atomic mass is 9.88. The van der Waals surface area contributed by atoms with E-state index in [1.54, 1.807) is 0 Å². The molecule has 234 valence electrons. The van der Waals surface area contributed by atoms with E-state index in [2.05, 4.69) is 164 Å². The van der Waals surface area contributed by atoms with Crippen LogP contribution < -0.4 is 0 Å². The third-order valence-corrected chi connectivity index (χ3v) is 10.1. The zero-order chi connectivity index (χ0) is 33.0. The van der Waals surface area contributed by atoms with Crippen LogP contribution >= 0.6 is 0 Å². The van der Waals surface area contributed by atoms with Gasteiger partial charge in [-0.05, 0) is 95.5 Å². The van der Waals surface area contributed by atoms with Crippen molar-refractivity contribution in [2.75, 3.05) is 0 Å². The van der Waals surface area contributed by atoms with Gasteiger partial charge in [0.2, 0.25) is 0 Å². The first kappa shape index (κ1) is 28.6. The fourth-order valence-electron chi connectivity index (χ4n) is 7.80. The zero-order valence-electron chi connectivity index (χ0n) is 27.3. The average molecular weight is 638 g/mol. The largest absolute Gasteiger partial charge is 0.208 e. The lowest BCUT2D eigenvalue weighted by Crippen LogP contribution is -2.05. The summed E-state index contributed by atoms with van der Waals surface area (Å²) in [5, 5.41) is 11.9. The second-order valence-corrected chi connectivity index (χ2v) is 13.1. The molecule has 1 aliphatic rings. The summed E-state index contributed by atoms with van der Waals surface area (Å²) in [6, 6.07) is 52.2. The standard InChI is InChI=1S/C47H31N3/c1-3-14-30(15-4-1)43-37-20-9-11-22-39(37)44(40-23-12-10-21-38(40)43)47-49-45(31-16-5-2-6-17-31)48-46(50-47)41-25-13-24-35-36(41)27-26-34-28-32-18-7-8-19-33(32)29-42(34)35/h1-5,7-16,18-29H,6,17H2. The van der Waals surface area contributed by atoms with E-state index in [9.17, 15) is 0 Å². The van der Waals surface area contributed by atoms with Crippen LogP contribution in [0.15, 0.2) is 164 Å². The first-order chi connectivity index (χ1) is 24.8. The van der Waals surface area contributed by atoms with E-state index in [0.717, 1.165) is 51.5 Å². The molecular weight excluding hydrogens is 607 g/mol. The van der Waals surface area contributed by atoms with Crippen molar-refractivity contribution in [1.29, 1.82) is 0 Å². The number of aromatic nitrogens is 3. The number of fused-ring (bicyclic) bond motifs is 6. The molecule has 10 rings (SSSR count). The Morgan fingerprint density at radius 3 is 1.74 bits per heavy atom. The summed E-state index contributed by atoms with van der Waals surface area (Å²) in [7, 11) is 0. The molecule has 50 heavy (non-hydrogen) atoms. The lowest BCUT2D eigenvalue weighted by Gasteiger charge is -2.18. The second-order valence-electron chi connectivity index (χ2n) is 13.1. The van der Waals surface area contributed by atoms with E-state index in [4.69, 9.17) is 15.0 Å². The Morgan fingerprint density at radius 2 is 1.02 bits per heavy atom. The van der Waals surface area contributed by atoms with E-state index in [1.807, 2.05) is 0 Å². The SMILES string of the molecule is C1=CCCC(c2nc(-c3c4ccccc4c(-c4ccccc4)c4ccccc34)nc(-c3cccc4c3ccc3cc5ccccc5cc34)n2)=C1. The van der Waals surface area contributed by atoms with Crippen LogP contribution in [0.3, 0.4) is 0 Å². The molecule has 1 aliphatic carbocycles. The highest BCUT2D eigenvalue weighted by molar-refractivity contribution is 6.21. The van der Waals surface area contributed by atoms with Crippen molar-refractivity contribution in [2.24, 2.45) is 0 Å². The van der Waals surface area contributed by atoms with Crippen LogP contribution in [0.1, 0.15) is 18.7 Å². The van der Waals surface area contributed by atoms with Gasteiger partial charge in [-0.3, -0.25) is 0 Å². The highest BCUT2D eigenvalue weighted by atomic mass is 15.0. The van der Waals surface area contributed by atoms with Gasteiger partial charge in [-0.25, -0.2) is 15.0 Å². The van der Waals surface area contributed by atoms with Gasteiger partial charge in [0, 0.05) is 11.1 Å². The number of allylic oxidation sites excluding steroid dienone is 4. The van der Waals surface area contributed by atoms with E-state index in [1.165, 1.54) is 48.8 Å². The Hall–Kier alpha value is -6.45. The van der Waals surface area contributed by atoms with Crippen molar-refractivity contribution in [3.05, 3.63) is 170 Å². The van der Waals surface area contributed by atoms with Gasteiger partial charge in [0.15, 0.2) is 17.5 Å². The molecule has 1 heterocycles. The summed E-state index contributed by atoms with van der Waals surface area (Å²) in [6.45, 7) is 0. The van der Waals surface area contributed by atoms with Crippen LogP contribution in [0.4, 0.5) is 0 Å². The summed E-state index contributed by atoms with van der Waals surface area (Å²) in [4.78, 5) is 15.9. The molecule has 0 saturated carbocycles. The van der Waals surface area contributed by atoms with Gasteiger partial charge in [-0.15, -0.1) is 0 Å². The fourth-order valence-corrected chi connectivity index (χ4v) is 7.80. The number of benzene rings is 8. The van der Waals surface area contributed by atoms with Crippen LogP contribution in [-0.4, -0.2) is 15.0 Å². The molecule has 0 fully saturated rings. The molecule has 0 unspecified atom stereocenters. The maximum Gasteiger partial charge on any atom is 0.165 e. The predicted molar refractivity (Wildman–Crippen MR) is 210 cm³/mol. The number of hydrogen-bond donors (Lipinski definition) is 0. The maximum atomic E-state index is 5.38. The minimum absolute atomic E-state index is 0.687. The molecule has 8 aromatic carbocycles. The molecule has 0 spiro atoms. The van der Waals surface area contributed by atoms with Crippen molar-refractivity contribution in [1.82, 2.24) is 15.0 Å². The Labute approximate surface area is 289 Å². The minimum Gasteiger partial charge on any atom is -0.208 e. The smallest absolute Gasteiger partial charge is 0.165 e. The molecule has 1 aromatic heterocycles. The van der Waals surface area contributed by atoms with Crippen molar-refractivity contribution in [3.63, 3.8) is 0 Å². The van der Waals surface area contributed by atoms with E-state index < -0.39 is 0 Å².